The van der Waals surface area contributed by atoms with Crippen molar-refractivity contribution in [1.29, 1.82) is 0 Å². The highest BCUT2D eigenvalue weighted by Gasteiger charge is 2.26. The van der Waals surface area contributed by atoms with Crippen LogP contribution < -0.4 is 16.0 Å². The highest BCUT2D eigenvalue weighted by atomic mass is 16.5. The summed E-state index contributed by atoms with van der Waals surface area (Å²) in [6.07, 6.45) is 0.592. The number of nitrogens with one attached hydrogen (secondary N) is 1. The maximum absolute atomic E-state index is 12.1. The minimum Gasteiger partial charge on any atom is -0.399 e. The second-order valence-electron chi connectivity index (χ2n) is 4.56. The Morgan fingerprint density at radius 3 is 2.41 bits per heavy atom. The number of nitrogens with two attached hydrogens (primary N) is 1. The fourth-order valence-electron chi connectivity index (χ4n) is 1.76. The monoisotopic (exact) mass is 307 g/mol. The number of imide groups is 1. The predicted molar refractivity (Wildman–Crippen MR) is 83.1 cm³/mol. The molecule has 0 saturated carbocycles. The molecule has 0 spiro atoms. The van der Waals surface area contributed by atoms with E-state index in [9.17, 15) is 14.4 Å². The van der Waals surface area contributed by atoms with Crippen LogP contribution in [0.5, 0.6) is 0 Å². The zero-order chi connectivity index (χ0) is 16.5. The van der Waals surface area contributed by atoms with E-state index in [1.165, 1.54) is 19.1 Å². The molecule has 0 radical (unpaired) electrons. The molecule has 1 aromatic rings. The molecule has 0 saturated heterocycles. The van der Waals surface area contributed by atoms with Crippen molar-refractivity contribution in [2.45, 2.75) is 20.3 Å². The molecule has 7 nitrogen and oxygen atoms in total. The van der Waals surface area contributed by atoms with Crippen molar-refractivity contribution in [1.82, 2.24) is 5.32 Å². The second-order valence-corrected chi connectivity index (χ2v) is 4.56. The second kappa shape index (κ2) is 8.78. The van der Waals surface area contributed by atoms with Gasteiger partial charge in [0, 0.05) is 32.4 Å². The van der Waals surface area contributed by atoms with Gasteiger partial charge in [0.05, 0.1) is 5.69 Å². The number of hydrogen-bond acceptors (Lipinski definition) is 5. The van der Waals surface area contributed by atoms with Crippen LogP contribution in [0.2, 0.25) is 0 Å². The summed E-state index contributed by atoms with van der Waals surface area (Å²) < 4.78 is 5.13. The number of benzene rings is 1. The minimum atomic E-state index is -0.923. The van der Waals surface area contributed by atoms with E-state index in [-0.39, 0.29) is 0 Å². The largest absolute Gasteiger partial charge is 0.399 e. The zero-order valence-electron chi connectivity index (χ0n) is 12.8. The van der Waals surface area contributed by atoms with Crippen LogP contribution in [0.1, 0.15) is 20.3 Å². The lowest BCUT2D eigenvalue weighted by molar-refractivity contribution is -0.139. The van der Waals surface area contributed by atoms with Gasteiger partial charge in [0.15, 0.2) is 0 Å². The summed E-state index contributed by atoms with van der Waals surface area (Å²) in [6, 6.07) is 6.13. The number of carbonyl (C=O) groups is 3. The number of rotatable bonds is 6. The summed E-state index contributed by atoms with van der Waals surface area (Å²) in [5.41, 5.74) is 6.37. The predicted octanol–water partition coefficient (Wildman–Crippen LogP) is 0.691. The molecule has 22 heavy (non-hydrogen) atoms. The molecule has 0 unspecified atom stereocenters. The van der Waals surface area contributed by atoms with E-state index >= 15 is 0 Å². The molecule has 120 valence electrons. The Kier molecular flexibility index (Phi) is 7.04. The molecular formula is C15H21N3O4. The van der Waals surface area contributed by atoms with Crippen LogP contribution in [0.25, 0.3) is 0 Å². The summed E-state index contributed by atoms with van der Waals surface area (Å²) >= 11 is 0. The van der Waals surface area contributed by atoms with Gasteiger partial charge >= 0.3 is 11.8 Å². The van der Waals surface area contributed by atoms with Crippen LogP contribution in [-0.4, -0.2) is 37.5 Å². The number of hydrogen-bond donors (Lipinski definition) is 2. The van der Waals surface area contributed by atoms with E-state index in [0.29, 0.717) is 37.6 Å². The molecule has 0 aromatic heterocycles. The van der Waals surface area contributed by atoms with Gasteiger partial charge in [-0.15, -0.1) is 0 Å². The van der Waals surface area contributed by atoms with Crippen molar-refractivity contribution in [3.05, 3.63) is 24.3 Å². The Morgan fingerprint density at radius 2 is 1.86 bits per heavy atom. The van der Waals surface area contributed by atoms with E-state index in [1.54, 1.807) is 12.1 Å². The third kappa shape index (κ3) is 5.17. The van der Waals surface area contributed by atoms with Crippen LogP contribution in [0.15, 0.2) is 24.3 Å². The summed E-state index contributed by atoms with van der Waals surface area (Å²) in [4.78, 5) is 36.4. The van der Waals surface area contributed by atoms with Gasteiger partial charge in [-0.25, -0.2) is 4.90 Å². The van der Waals surface area contributed by atoms with Crippen LogP contribution >= 0.6 is 0 Å². The van der Waals surface area contributed by atoms with Gasteiger partial charge < -0.3 is 15.8 Å². The normalized spacial score (nSPS) is 10.1. The number of amides is 3. The molecule has 0 heterocycles. The lowest BCUT2D eigenvalue weighted by atomic mass is 10.2. The van der Waals surface area contributed by atoms with E-state index in [1.807, 2.05) is 6.92 Å². The van der Waals surface area contributed by atoms with Crippen molar-refractivity contribution < 1.29 is 19.1 Å². The van der Waals surface area contributed by atoms with Crippen LogP contribution in [0.4, 0.5) is 11.4 Å². The molecule has 0 bridgehead atoms. The first-order chi connectivity index (χ1) is 10.5. The van der Waals surface area contributed by atoms with Crippen molar-refractivity contribution >= 4 is 29.1 Å². The van der Waals surface area contributed by atoms with Gasteiger partial charge in [0.2, 0.25) is 5.91 Å². The molecule has 1 aromatic carbocycles. The number of anilines is 2. The standard InChI is InChI=1S/C15H21N3O4/c1-3-22-10-4-9-17-14(20)15(21)18(11(2)19)13-7-5-12(16)6-8-13/h5-8H,3-4,9-10,16H2,1-2H3,(H,17,20). The lowest BCUT2D eigenvalue weighted by Crippen LogP contribution is -2.45. The van der Waals surface area contributed by atoms with Gasteiger partial charge in [-0.05, 0) is 37.6 Å². The van der Waals surface area contributed by atoms with E-state index in [0.717, 1.165) is 4.90 Å². The Hall–Kier alpha value is -2.41. The summed E-state index contributed by atoms with van der Waals surface area (Å²) in [7, 11) is 0. The molecule has 3 amide bonds. The maximum Gasteiger partial charge on any atom is 0.323 e. The molecule has 7 heteroatoms. The van der Waals surface area contributed by atoms with Crippen LogP contribution in [-0.2, 0) is 19.1 Å². The third-order valence-corrected chi connectivity index (χ3v) is 2.82. The molecular weight excluding hydrogens is 286 g/mol. The first kappa shape index (κ1) is 17.6. The fourth-order valence-corrected chi connectivity index (χ4v) is 1.76. The number of carbonyl (C=O) groups excluding carboxylic acids is 3. The third-order valence-electron chi connectivity index (χ3n) is 2.82. The molecule has 1 rings (SSSR count). The van der Waals surface area contributed by atoms with Crippen molar-refractivity contribution in [2.75, 3.05) is 30.4 Å². The van der Waals surface area contributed by atoms with Crippen LogP contribution in [0, 0.1) is 0 Å². The molecule has 0 aliphatic rings. The van der Waals surface area contributed by atoms with Gasteiger partial charge in [0.1, 0.15) is 0 Å². The van der Waals surface area contributed by atoms with E-state index in [4.69, 9.17) is 10.5 Å². The van der Waals surface area contributed by atoms with Gasteiger partial charge in [-0.2, -0.15) is 0 Å². The van der Waals surface area contributed by atoms with Crippen molar-refractivity contribution in [2.24, 2.45) is 0 Å². The Labute approximate surface area is 129 Å². The number of nitrogen functional groups attached to an aromatic ring is 1. The van der Waals surface area contributed by atoms with E-state index < -0.39 is 17.7 Å². The first-order valence-corrected chi connectivity index (χ1v) is 7.03. The topological polar surface area (TPSA) is 102 Å². The smallest absolute Gasteiger partial charge is 0.323 e. The highest BCUT2D eigenvalue weighted by molar-refractivity contribution is 6.45. The summed E-state index contributed by atoms with van der Waals surface area (Å²) in [6.45, 7) is 4.50. The Morgan fingerprint density at radius 1 is 1.23 bits per heavy atom. The van der Waals surface area contributed by atoms with Gasteiger partial charge in [0.25, 0.3) is 0 Å². The molecule has 3 N–H and O–H groups in total. The van der Waals surface area contributed by atoms with Gasteiger partial charge in [-0.1, -0.05) is 0 Å². The Balaban J connectivity index is 2.67. The van der Waals surface area contributed by atoms with Gasteiger partial charge in [-0.3, -0.25) is 14.4 Å². The average Bonchev–Trinajstić information content (AvgIpc) is 2.48. The van der Waals surface area contributed by atoms with Crippen LogP contribution in [0.3, 0.4) is 0 Å². The quantitative estimate of drug-likeness (QED) is 0.457. The summed E-state index contributed by atoms with van der Waals surface area (Å²) in [5.74, 6) is -2.29. The maximum atomic E-state index is 12.1. The van der Waals surface area contributed by atoms with Crippen molar-refractivity contribution in [3.63, 3.8) is 0 Å². The highest BCUT2D eigenvalue weighted by Crippen LogP contribution is 2.16. The zero-order valence-corrected chi connectivity index (χ0v) is 12.8. The average molecular weight is 307 g/mol. The Bertz CT molecular complexity index is 528. The molecule has 0 aliphatic heterocycles. The fraction of sp³-hybridized carbons (Fsp3) is 0.400. The molecule has 0 aliphatic carbocycles. The SMILES string of the molecule is CCOCCCNC(=O)C(=O)N(C(C)=O)c1ccc(N)cc1. The van der Waals surface area contributed by atoms with Crippen molar-refractivity contribution in [3.8, 4) is 0 Å². The number of nitrogens with zero attached hydrogens (tertiary/aromatic N) is 1. The van der Waals surface area contributed by atoms with E-state index in [2.05, 4.69) is 5.32 Å². The first-order valence-electron chi connectivity index (χ1n) is 7.03. The summed E-state index contributed by atoms with van der Waals surface area (Å²) in [5, 5.41) is 2.47. The molecule has 0 atom stereocenters. The number of ether oxygens (including phenoxy) is 1. The molecule has 0 fully saturated rings. The lowest BCUT2D eigenvalue weighted by Gasteiger charge is -2.18. The minimum absolute atomic E-state index is 0.302.